The van der Waals surface area contributed by atoms with Crippen LogP contribution in [0.25, 0.3) is 0 Å². The minimum atomic E-state index is -4.93. The number of hydrogen-bond donors (Lipinski definition) is 16. The molecule has 0 radical (unpaired) electrons. The van der Waals surface area contributed by atoms with E-state index in [2.05, 4.69) is 0 Å². The maximum Gasteiger partial charge on any atom is 1.00 e. The van der Waals surface area contributed by atoms with Gasteiger partial charge < -0.3 is 78.3 Å². The van der Waals surface area contributed by atoms with Gasteiger partial charge >= 0.3 is 583 Å². The molecular weight excluding hydrogens is 1320 g/mol. The van der Waals surface area contributed by atoms with E-state index < -0.39 is 150 Å². The van der Waals surface area contributed by atoms with Crippen molar-refractivity contribution in [1.29, 1.82) is 0 Å². The largest absolute Gasteiger partial charge is 1.00 e. The van der Waals surface area contributed by atoms with E-state index in [1.54, 1.807) is 0 Å². The van der Waals surface area contributed by atoms with Gasteiger partial charge in [-0.25, -0.2) is 0 Å². The van der Waals surface area contributed by atoms with Crippen molar-refractivity contribution in [2.75, 3.05) is 116 Å². The van der Waals surface area contributed by atoms with E-state index in [1.165, 1.54) is 4.90 Å². The van der Waals surface area contributed by atoms with E-state index in [4.69, 9.17) is 0 Å². The SMILES string of the molecule is O=P(O)(O)CN(CCN(CCN(CP(=O)(O)O)CP(=O)(O)O)CCN(CP(=O)(O)O)CP(=O)(O)O)CCN(CCN(CP(=O)(O)O)CP(=O)(O)O)CP(=O)(O)O.[H+].[H+].[H+].[H+].[H+].[H+].[K+].[K+].[K+].[K+].[K+].[K+].[K+].[K+].[K+].[K+]. The second-order valence-electron chi connectivity index (χ2n) is 12.7. The topological polar surface area (TPSA) is 480 Å². The van der Waals surface area contributed by atoms with Crippen LogP contribution in [0.2, 0.25) is 0 Å². The van der Waals surface area contributed by atoms with Gasteiger partial charge in [0.15, 0.2) is 0 Å². The fourth-order valence-corrected chi connectivity index (χ4v) is 11.6. The smallest absolute Gasteiger partial charge is 0.324 e. The summed E-state index contributed by atoms with van der Waals surface area (Å²) in [6.07, 6.45) is -8.93. The molecule has 48 heteroatoms. The molecule has 0 atom stereocenters. The molecule has 0 rings (SSSR count). The van der Waals surface area contributed by atoms with Gasteiger partial charge in [-0.15, -0.1) is 0 Å². The monoisotopic (exact) mass is 1380 g/mol. The Balaban J connectivity index is -0.000000126. The minimum Gasteiger partial charge on any atom is -0.324 e. The molecule has 0 fully saturated rings. The first-order chi connectivity index (χ1) is 24.7. The summed E-state index contributed by atoms with van der Waals surface area (Å²) in [5.74, 6) is 0. The summed E-state index contributed by atoms with van der Waals surface area (Å²) in [6.45, 7) is -4.41. The summed E-state index contributed by atoms with van der Waals surface area (Å²) in [4.78, 5) is 157. The summed E-state index contributed by atoms with van der Waals surface area (Å²) in [7, 11) is -39.3. The standard InChI is InChI=1S/C18H52N6O24P8.10K/c25-49(26,27)11-20(5-6-21(12-50(28,29)30)7-10-24(17-55(43,44)45)18-56(46,47)48)4-1-19(2-8-22(13-51(31,32)33)14-52(34,35)36)3-9-23(15-53(37,38)39)16-54(40,41)42;;;;;;;;;;/h1-18H2,(H2,25,26,27)(H2,28,29,30)(H2,31,32,33)(H2,34,35,36)(H2,37,38,39)(H2,40,41,42)(H2,43,44,45)(H2,46,47,48);;;;;;;;;;/q;10*+1/p+6. The maximum absolute atomic E-state index is 12.0. The zero-order valence-corrected chi connectivity index (χ0v) is 77.8. The molecule has 0 aromatic carbocycles. The van der Waals surface area contributed by atoms with Crippen molar-refractivity contribution in [1.82, 2.24) is 29.4 Å². The predicted molar refractivity (Wildman–Crippen MR) is 202 cm³/mol. The Bertz CT molecular complexity index is 1540. The van der Waals surface area contributed by atoms with Crippen LogP contribution >= 0.6 is 60.8 Å². The molecule has 0 aliphatic heterocycles. The van der Waals surface area contributed by atoms with Gasteiger partial charge in [-0.2, -0.15) is 0 Å². The van der Waals surface area contributed by atoms with Crippen molar-refractivity contribution in [3.8, 4) is 0 Å². The summed E-state index contributed by atoms with van der Waals surface area (Å²) >= 11 is 0. The molecule has 0 aliphatic rings. The molecule has 66 heavy (non-hydrogen) atoms. The van der Waals surface area contributed by atoms with Crippen molar-refractivity contribution in [2.45, 2.75) is 0 Å². The normalized spacial score (nSPS) is 12.5. The molecule has 0 saturated heterocycles. The minimum absolute atomic E-state index is 0. The van der Waals surface area contributed by atoms with Gasteiger partial charge in [0.05, 0.1) is 0 Å². The van der Waals surface area contributed by atoms with E-state index in [-0.39, 0.29) is 549 Å². The number of rotatable bonds is 31. The van der Waals surface area contributed by atoms with E-state index >= 15 is 0 Å². The molecule has 0 heterocycles. The molecule has 0 bridgehead atoms. The first kappa shape index (κ1) is 108. The van der Waals surface area contributed by atoms with Gasteiger partial charge in [0.25, 0.3) is 0 Å². The van der Waals surface area contributed by atoms with Crippen molar-refractivity contribution in [2.24, 2.45) is 0 Å². The maximum atomic E-state index is 12.0. The van der Waals surface area contributed by atoms with Crippen molar-refractivity contribution < 1.29 is 637 Å². The summed E-state index contributed by atoms with van der Waals surface area (Å²) < 4.78 is 93.5. The quantitative estimate of drug-likeness (QED) is 0.0226. The van der Waals surface area contributed by atoms with Crippen LogP contribution in [0.4, 0.5) is 0 Å². The zero-order chi connectivity index (χ0) is 44.2. The van der Waals surface area contributed by atoms with Crippen LogP contribution in [-0.2, 0) is 36.5 Å². The van der Waals surface area contributed by atoms with Crippen LogP contribution in [-0.4, -0.2) is 223 Å². The number of hydrogen-bond acceptors (Lipinski definition) is 14. The van der Waals surface area contributed by atoms with Crippen molar-refractivity contribution in [3.05, 3.63) is 0 Å². The molecular formula is C18H58K10N6O24P8+16. The van der Waals surface area contributed by atoms with Gasteiger partial charge in [-0.05, 0) is 0 Å². The molecule has 338 valence electrons. The van der Waals surface area contributed by atoms with Crippen LogP contribution in [0.1, 0.15) is 8.56 Å². The Morgan fingerprint density at radius 2 is 0.288 bits per heavy atom. The van der Waals surface area contributed by atoms with Crippen LogP contribution in [0.5, 0.6) is 0 Å². The second kappa shape index (κ2) is 53.0. The zero-order valence-electron chi connectivity index (χ0n) is 45.4. The molecule has 30 nitrogen and oxygen atoms in total. The molecule has 16 N–H and O–H groups in total. The fraction of sp³-hybridized carbons (Fsp3) is 1.00. The van der Waals surface area contributed by atoms with Gasteiger partial charge in [-0.1, -0.05) is 0 Å². The predicted octanol–water partition coefficient (Wildman–Crippen LogP) is -33.4. The average molecular weight is 1380 g/mol. The molecule has 0 aliphatic carbocycles. The molecule has 0 spiro atoms. The van der Waals surface area contributed by atoms with Crippen LogP contribution < -0.4 is 514 Å². The summed E-state index contributed by atoms with van der Waals surface area (Å²) in [6, 6.07) is 0. The fourth-order valence-electron chi connectivity index (χ4n) is 4.90. The van der Waals surface area contributed by atoms with Crippen LogP contribution in [0.3, 0.4) is 0 Å². The summed E-state index contributed by atoms with van der Waals surface area (Å²) in [5, 5.41) is 0. The molecule has 0 aromatic rings. The average Bonchev–Trinajstić information content (AvgIpc) is 2.86. The Morgan fingerprint density at radius 3 is 0.409 bits per heavy atom. The molecule has 0 saturated carbocycles. The first-order valence-electron chi connectivity index (χ1n) is 15.4. The number of nitrogens with zero attached hydrogens (tertiary/aromatic N) is 6. The Morgan fingerprint density at radius 1 is 0.197 bits per heavy atom. The van der Waals surface area contributed by atoms with E-state index in [1.807, 2.05) is 0 Å². The van der Waals surface area contributed by atoms with Crippen molar-refractivity contribution >= 4 is 60.8 Å². The van der Waals surface area contributed by atoms with E-state index in [9.17, 15) is 115 Å². The molecule has 0 aromatic heterocycles. The van der Waals surface area contributed by atoms with Crippen LogP contribution in [0.15, 0.2) is 0 Å². The third kappa shape index (κ3) is 77.4. The van der Waals surface area contributed by atoms with Crippen LogP contribution in [0, 0.1) is 0 Å². The van der Waals surface area contributed by atoms with E-state index in [0.717, 1.165) is 9.80 Å². The Labute approximate surface area is 818 Å². The van der Waals surface area contributed by atoms with Crippen molar-refractivity contribution in [3.63, 3.8) is 0 Å². The van der Waals surface area contributed by atoms with Gasteiger partial charge in [0.1, 0.15) is 50.3 Å². The first-order valence-corrected chi connectivity index (χ1v) is 29.8. The molecule has 0 amide bonds. The third-order valence-electron chi connectivity index (χ3n) is 6.74. The van der Waals surface area contributed by atoms with Gasteiger partial charge in [0, 0.05) is 65.4 Å². The van der Waals surface area contributed by atoms with Gasteiger partial charge in [-0.3, -0.25) is 65.9 Å². The Hall–Kier alpha value is 17.3. The molecule has 0 unspecified atom stereocenters. The van der Waals surface area contributed by atoms with Gasteiger partial charge in [0.2, 0.25) is 0 Å². The Kier molecular flexibility index (Phi) is 86.7. The second-order valence-corrected chi connectivity index (χ2v) is 25.6. The third-order valence-corrected chi connectivity index (χ3v) is 12.9. The van der Waals surface area contributed by atoms with E-state index in [0.29, 0.717) is 14.7 Å². The summed E-state index contributed by atoms with van der Waals surface area (Å²) in [5.41, 5.74) is 0.